The molecule has 0 saturated heterocycles. The van der Waals surface area contributed by atoms with Gasteiger partial charge >= 0.3 is 5.97 Å². The summed E-state index contributed by atoms with van der Waals surface area (Å²) in [5.41, 5.74) is 0.987. The highest BCUT2D eigenvalue weighted by Crippen LogP contribution is 2.23. The molecule has 0 unspecified atom stereocenters. The number of methoxy groups -OCH3 is 4. The molecule has 29 heavy (non-hydrogen) atoms. The van der Waals surface area contributed by atoms with Crippen LogP contribution in [0.5, 0.6) is 23.0 Å². The second-order valence-corrected chi connectivity index (χ2v) is 6.39. The van der Waals surface area contributed by atoms with Crippen LogP contribution in [-0.2, 0) is 16.1 Å². The van der Waals surface area contributed by atoms with Crippen LogP contribution in [0.3, 0.4) is 0 Å². The van der Waals surface area contributed by atoms with Crippen LogP contribution in [0.4, 0.5) is 0 Å². The predicted molar refractivity (Wildman–Crippen MR) is 110 cm³/mol. The average molecular weight is 403 g/mol. The molecule has 0 bridgehead atoms. The minimum Gasteiger partial charge on any atom is -0.497 e. The van der Waals surface area contributed by atoms with E-state index in [-0.39, 0.29) is 12.5 Å². The molecule has 0 heterocycles. The standard InChI is InChI=1S/C22H29NO6/c1-25-18-6-8-19(9-7-18)29-11-5-10-23(16-22(24)28-4)15-17-12-20(26-2)14-21(13-17)27-3/h6-9,12-14H,5,10-11,15-16H2,1-4H3. The van der Waals surface area contributed by atoms with Gasteiger partial charge in [0.15, 0.2) is 0 Å². The van der Waals surface area contributed by atoms with Gasteiger partial charge in [-0.15, -0.1) is 0 Å². The van der Waals surface area contributed by atoms with E-state index in [1.807, 2.05) is 47.4 Å². The van der Waals surface area contributed by atoms with Gasteiger partial charge in [-0.3, -0.25) is 9.69 Å². The number of hydrogen-bond acceptors (Lipinski definition) is 7. The van der Waals surface area contributed by atoms with E-state index in [9.17, 15) is 4.79 Å². The minimum atomic E-state index is -0.282. The van der Waals surface area contributed by atoms with Crippen molar-refractivity contribution in [3.8, 4) is 23.0 Å². The predicted octanol–water partition coefficient (Wildman–Crippen LogP) is 3.16. The van der Waals surface area contributed by atoms with Crippen molar-refractivity contribution in [2.75, 3.05) is 48.1 Å². The summed E-state index contributed by atoms with van der Waals surface area (Å²) >= 11 is 0. The Morgan fingerprint density at radius 2 is 1.41 bits per heavy atom. The SMILES string of the molecule is COC(=O)CN(CCCOc1ccc(OC)cc1)Cc1cc(OC)cc(OC)c1. The van der Waals surface area contributed by atoms with Gasteiger partial charge < -0.3 is 23.7 Å². The lowest BCUT2D eigenvalue weighted by molar-refractivity contribution is -0.142. The van der Waals surface area contributed by atoms with E-state index >= 15 is 0 Å². The van der Waals surface area contributed by atoms with E-state index in [4.69, 9.17) is 23.7 Å². The van der Waals surface area contributed by atoms with Gasteiger partial charge in [-0.05, 0) is 48.4 Å². The number of nitrogens with zero attached hydrogens (tertiary/aromatic N) is 1. The molecule has 2 aromatic carbocycles. The van der Waals surface area contributed by atoms with Gasteiger partial charge in [0.25, 0.3) is 0 Å². The number of ether oxygens (including phenoxy) is 5. The Bertz CT molecular complexity index is 740. The van der Waals surface area contributed by atoms with Crippen LogP contribution >= 0.6 is 0 Å². The normalized spacial score (nSPS) is 10.5. The van der Waals surface area contributed by atoms with Crippen molar-refractivity contribution in [2.45, 2.75) is 13.0 Å². The van der Waals surface area contributed by atoms with Crippen molar-refractivity contribution in [1.82, 2.24) is 4.90 Å². The van der Waals surface area contributed by atoms with Gasteiger partial charge in [0, 0.05) is 19.2 Å². The lowest BCUT2D eigenvalue weighted by Crippen LogP contribution is -2.31. The highest BCUT2D eigenvalue weighted by molar-refractivity contribution is 5.71. The maximum absolute atomic E-state index is 11.8. The largest absolute Gasteiger partial charge is 0.497 e. The molecule has 7 heteroatoms. The van der Waals surface area contributed by atoms with E-state index in [0.717, 1.165) is 23.5 Å². The second kappa shape index (κ2) is 11.8. The highest BCUT2D eigenvalue weighted by atomic mass is 16.5. The van der Waals surface area contributed by atoms with Crippen LogP contribution in [0.15, 0.2) is 42.5 Å². The summed E-state index contributed by atoms with van der Waals surface area (Å²) in [6.45, 7) is 1.96. The van der Waals surface area contributed by atoms with Crippen LogP contribution in [0.25, 0.3) is 0 Å². The Morgan fingerprint density at radius 1 is 0.828 bits per heavy atom. The van der Waals surface area contributed by atoms with Crippen molar-refractivity contribution in [3.63, 3.8) is 0 Å². The Kier molecular flexibility index (Phi) is 9.11. The fraction of sp³-hybridized carbons (Fsp3) is 0.409. The quantitative estimate of drug-likeness (QED) is 0.398. The third-order valence-electron chi connectivity index (χ3n) is 4.34. The Balaban J connectivity index is 1.94. The summed E-state index contributed by atoms with van der Waals surface area (Å²) in [4.78, 5) is 13.8. The van der Waals surface area contributed by atoms with Crippen molar-refractivity contribution in [2.24, 2.45) is 0 Å². The molecule has 7 nitrogen and oxygen atoms in total. The van der Waals surface area contributed by atoms with Crippen LogP contribution in [0.1, 0.15) is 12.0 Å². The molecular formula is C22H29NO6. The Labute approximate surface area is 172 Å². The monoisotopic (exact) mass is 403 g/mol. The molecule has 0 saturated carbocycles. The average Bonchev–Trinajstić information content (AvgIpc) is 2.76. The third kappa shape index (κ3) is 7.54. The maximum atomic E-state index is 11.8. The van der Waals surface area contributed by atoms with Gasteiger partial charge in [-0.25, -0.2) is 0 Å². The molecule has 158 valence electrons. The molecule has 0 fully saturated rings. The number of carbonyl (C=O) groups excluding carboxylic acids is 1. The van der Waals surface area contributed by atoms with E-state index in [1.165, 1.54) is 7.11 Å². The second-order valence-electron chi connectivity index (χ2n) is 6.39. The molecule has 2 aromatic rings. The molecule has 0 aliphatic heterocycles. The molecule has 0 radical (unpaired) electrons. The number of esters is 1. The number of hydrogen-bond donors (Lipinski definition) is 0. The third-order valence-corrected chi connectivity index (χ3v) is 4.34. The molecule has 0 atom stereocenters. The lowest BCUT2D eigenvalue weighted by Gasteiger charge is -2.22. The van der Waals surface area contributed by atoms with Crippen molar-refractivity contribution >= 4 is 5.97 Å². The first-order valence-electron chi connectivity index (χ1n) is 9.36. The topological polar surface area (TPSA) is 66.5 Å². The van der Waals surface area contributed by atoms with E-state index in [0.29, 0.717) is 31.2 Å². The Morgan fingerprint density at radius 3 is 1.97 bits per heavy atom. The van der Waals surface area contributed by atoms with Gasteiger partial charge in [0.05, 0.1) is 41.6 Å². The molecule has 0 spiro atoms. The van der Waals surface area contributed by atoms with Crippen molar-refractivity contribution in [1.29, 1.82) is 0 Å². The first-order chi connectivity index (χ1) is 14.1. The van der Waals surface area contributed by atoms with Crippen LogP contribution < -0.4 is 18.9 Å². The van der Waals surface area contributed by atoms with Gasteiger partial charge in [-0.2, -0.15) is 0 Å². The summed E-state index contributed by atoms with van der Waals surface area (Å²) in [5.74, 6) is 2.70. The molecule has 0 aliphatic rings. The molecular weight excluding hydrogens is 374 g/mol. The first-order valence-corrected chi connectivity index (χ1v) is 9.36. The van der Waals surface area contributed by atoms with Gasteiger partial charge in [0.1, 0.15) is 23.0 Å². The molecule has 0 aliphatic carbocycles. The van der Waals surface area contributed by atoms with Gasteiger partial charge in [0.2, 0.25) is 0 Å². The maximum Gasteiger partial charge on any atom is 0.319 e. The van der Waals surface area contributed by atoms with Crippen molar-refractivity contribution < 1.29 is 28.5 Å². The van der Waals surface area contributed by atoms with Crippen LogP contribution in [-0.4, -0.2) is 59.0 Å². The summed E-state index contributed by atoms with van der Waals surface area (Å²) < 4.78 is 26.4. The fourth-order valence-electron chi connectivity index (χ4n) is 2.83. The molecule has 0 N–H and O–H groups in total. The van der Waals surface area contributed by atoms with Gasteiger partial charge in [-0.1, -0.05) is 0 Å². The van der Waals surface area contributed by atoms with E-state index in [2.05, 4.69) is 0 Å². The van der Waals surface area contributed by atoms with Crippen molar-refractivity contribution in [3.05, 3.63) is 48.0 Å². The molecule has 2 rings (SSSR count). The summed E-state index contributed by atoms with van der Waals surface area (Å²) in [6.07, 6.45) is 0.754. The summed E-state index contributed by atoms with van der Waals surface area (Å²) in [7, 11) is 6.24. The number of benzene rings is 2. The number of rotatable bonds is 12. The minimum absolute atomic E-state index is 0.193. The first kappa shape index (κ1) is 22.4. The summed E-state index contributed by atoms with van der Waals surface area (Å²) in [6, 6.07) is 13.1. The summed E-state index contributed by atoms with van der Waals surface area (Å²) in [5, 5.41) is 0. The van der Waals surface area contributed by atoms with Crippen LogP contribution in [0, 0.1) is 0 Å². The zero-order valence-electron chi connectivity index (χ0n) is 17.5. The molecule has 0 amide bonds. The Hall–Kier alpha value is -2.93. The van der Waals surface area contributed by atoms with Crippen LogP contribution in [0.2, 0.25) is 0 Å². The lowest BCUT2D eigenvalue weighted by atomic mass is 10.1. The smallest absolute Gasteiger partial charge is 0.319 e. The highest BCUT2D eigenvalue weighted by Gasteiger charge is 2.13. The fourth-order valence-corrected chi connectivity index (χ4v) is 2.83. The zero-order valence-corrected chi connectivity index (χ0v) is 17.5. The molecule has 0 aromatic heterocycles. The number of carbonyl (C=O) groups is 1. The van der Waals surface area contributed by atoms with E-state index < -0.39 is 0 Å². The van der Waals surface area contributed by atoms with E-state index in [1.54, 1.807) is 21.3 Å². The zero-order chi connectivity index (χ0) is 21.1.